The Labute approximate surface area is 123 Å². The molecule has 0 aliphatic rings. The third kappa shape index (κ3) is 5.36. The molecule has 0 radical (unpaired) electrons. The monoisotopic (exact) mass is 287 g/mol. The van der Waals surface area contributed by atoms with Gasteiger partial charge in [0.1, 0.15) is 5.76 Å². The van der Waals surface area contributed by atoms with Crippen LogP contribution < -0.4 is 5.32 Å². The fourth-order valence-corrected chi connectivity index (χ4v) is 2.37. The smallest absolute Gasteiger partial charge is 0.244 e. The predicted octanol–water partition coefficient (Wildman–Crippen LogP) is 3.34. The van der Waals surface area contributed by atoms with E-state index in [2.05, 4.69) is 5.32 Å². The number of nitrogens with one attached hydrogen (secondary N) is 1. The van der Waals surface area contributed by atoms with Crippen molar-refractivity contribution in [1.82, 2.24) is 5.32 Å². The van der Waals surface area contributed by atoms with Gasteiger partial charge in [-0.2, -0.15) is 11.8 Å². The number of thioether (sulfide) groups is 1. The van der Waals surface area contributed by atoms with Gasteiger partial charge in [0, 0.05) is 18.4 Å². The highest BCUT2D eigenvalue weighted by Crippen LogP contribution is 2.11. The van der Waals surface area contributed by atoms with E-state index in [0.717, 1.165) is 22.8 Å². The molecule has 0 saturated carbocycles. The Balaban J connectivity index is 1.59. The Bertz CT molecular complexity index is 535. The van der Waals surface area contributed by atoms with Crippen molar-refractivity contribution in [1.29, 1.82) is 0 Å². The van der Waals surface area contributed by atoms with Crippen molar-refractivity contribution in [2.75, 3.05) is 12.3 Å². The molecule has 0 spiro atoms. The number of hydrogen-bond donors (Lipinski definition) is 1. The van der Waals surface area contributed by atoms with Gasteiger partial charge in [-0.25, -0.2) is 0 Å². The second kappa shape index (κ2) is 8.27. The summed E-state index contributed by atoms with van der Waals surface area (Å²) in [6, 6.07) is 13.6. The van der Waals surface area contributed by atoms with E-state index in [4.69, 9.17) is 4.42 Å². The van der Waals surface area contributed by atoms with E-state index in [1.807, 2.05) is 48.5 Å². The van der Waals surface area contributed by atoms with Crippen LogP contribution in [0.1, 0.15) is 11.3 Å². The fourth-order valence-electron chi connectivity index (χ4n) is 1.61. The zero-order chi connectivity index (χ0) is 14.0. The van der Waals surface area contributed by atoms with E-state index in [1.165, 1.54) is 0 Å². The van der Waals surface area contributed by atoms with E-state index in [9.17, 15) is 4.79 Å². The number of amides is 1. The molecule has 0 unspecified atom stereocenters. The summed E-state index contributed by atoms with van der Waals surface area (Å²) in [4.78, 5) is 11.6. The molecular weight excluding hydrogens is 270 g/mol. The lowest BCUT2D eigenvalue weighted by Gasteiger charge is -2.01. The van der Waals surface area contributed by atoms with Crippen molar-refractivity contribution in [3.8, 4) is 0 Å². The summed E-state index contributed by atoms with van der Waals surface area (Å²) in [5, 5.41) is 2.86. The number of carbonyl (C=O) groups excluding carboxylic acids is 1. The first kappa shape index (κ1) is 14.5. The average molecular weight is 287 g/mol. The van der Waals surface area contributed by atoms with E-state index in [0.29, 0.717) is 6.54 Å². The van der Waals surface area contributed by atoms with Crippen molar-refractivity contribution in [3.05, 3.63) is 66.1 Å². The van der Waals surface area contributed by atoms with Crippen LogP contribution in [0.3, 0.4) is 0 Å². The molecule has 0 aliphatic carbocycles. The van der Waals surface area contributed by atoms with Crippen LogP contribution in [-0.4, -0.2) is 18.2 Å². The zero-order valence-electron chi connectivity index (χ0n) is 11.1. The Morgan fingerprint density at radius 3 is 2.80 bits per heavy atom. The van der Waals surface area contributed by atoms with Crippen LogP contribution in [0.4, 0.5) is 0 Å². The van der Waals surface area contributed by atoms with Gasteiger partial charge in [-0.15, -0.1) is 0 Å². The summed E-state index contributed by atoms with van der Waals surface area (Å²) in [5.41, 5.74) is 1.02. The molecule has 0 aliphatic heterocycles. The minimum absolute atomic E-state index is 0.0625. The maximum absolute atomic E-state index is 11.6. The molecule has 0 saturated heterocycles. The van der Waals surface area contributed by atoms with Crippen LogP contribution in [-0.2, 0) is 10.5 Å². The van der Waals surface area contributed by atoms with Gasteiger partial charge < -0.3 is 9.73 Å². The number of benzene rings is 1. The molecule has 1 heterocycles. The lowest BCUT2D eigenvalue weighted by Crippen LogP contribution is -2.23. The van der Waals surface area contributed by atoms with Gasteiger partial charge in [0.05, 0.1) is 12.0 Å². The van der Waals surface area contributed by atoms with Gasteiger partial charge in [-0.1, -0.05) is 30.3 Å². The maximum Gasteiger partial charge on any atom is 0.244 e. The van der Waals surface area contributed by atoms with Crippen LogP contribution >= 0.6 is 11.8 Å². The van der Waals surface area contributed by atoms with Crippen molar-refractivity contribution in [2.45, 2.75) is 5.75 Å². The van der Waals surface area contributed by atoms with Crippen LogP contribution in [0.15, 0.2) is 59.2 Å². The van der Waals surface area contributed by atoms with Crippen LogP contribution in [0, 0.1) is 0 Å². The number of carbonyl (C=O) groups is 1. The first-order chi connectivity index (χ1) is 9.84. The number of hydrogen-bond acceptors (Lipinski definition) is 3. The highest BCUT2D eigenvalue weighted by atomic mass is 32.2. The summed E-state index contributed by atoms with van der Waals surface area (Å²) >= 11 is 1.73. The van der Waals surface area contributed by atoms with E-state index >= 15 is 0 Å². The van der Waals surface area contributed by atoms with Gasteiger partial charge in [0.25, 0.3) is 0 Å². The van der Waals surface area contributed by atoms with Gasteiger partial charge in [-0.05, 0) is 23.8 Å². The predicted molar refractivity (Wildman–Crippen MR) is 83.4 cm³/mol. The minimum Gasteiger partial charge on any atom is -0.468 e. The maximum atomic E-state index is 11.6. The summed E-state index contributed by atoms with van der Waals surface area (Å²) in [6.45, 7) is 0.656. The van der Waals surface area contributed by atoms with E-state index in [-0.39, 0.29) is 5.91 Å². The SMILES string of the molecule is O=C(/C=C/c1ccccc1)NCCSCc1ccco1. The molecule has 2 aromatic rings. The first-order valence-corrected chi connectivity index (χ1v) is 7.61. The molecule has 1 aromatic heterocycles. The summed E-state index contributed by atoms with van der Waals surface area (Å²) in [5.74, 6) is 2.60. The van der Waals surface area contributed by atoms with E-state index in [1.54, 1.807) is 24.1 Å². The number of rotatable bonds is 7. The van der Waals surface area contributed by atoms with E-state index < -0.39 is 0 Å². The highest BCUT2D eigenvalue weighted by Gasteiger charge is 1.97. The van der Waals surface area contributed by atoms with Crippen LogP contribution in [0.2, 0.25) is 0 Å². The van der Waals surface area contributed by atoms with Crippen LogP contribution in [0.5, 0.6) is 0 Å². The normalized spacial score (nSPS) is 10.8. The van der Waals surface area contributed by atoms with Crippen molar-refractivity contribution >= 4 is 23.7 Å². The standard InChI is InChI=1S/C16H17NO2S/c18-16(9-8-14-5-2-1-3-6-14)17-10-12-20-13-15-7-4-11-19-15/h1-9,11H,10,12-13H2,(H,17,18)/b9-8+. The molecule has 4 heteroatoms. The van der Waals surface area contributed by atoms with Gasteiger partial charge >= 0.3 is 0 Å². The van der Waals surface area contributed by atoms with Crippen molar-refractivity contribution < 1.29 is 9.21 Å². The second-order valence-corrected chi connectivity index (χ2v) is 5.27. The number of furan rings is 1. The van der Waals surface area contributed by atoms with Crippen molar-refractivity contribution in [3.63, 3.8) is 0 Å². The lowest BCUT2D eigenvalue weighted by atomic mass is 10.2. The Morgan fingerprint density at radius 2 is 2.05 bits per heavy atom. The fraction of sp³-hybridized carbons (Fsp3) is 0.188. The van der Waals surface area contributed by atoms with Crippen molar-refractivity contribution in [2.24, 2.45) is 0 Å². The average Bonchev–Trinajstić information content (AvgIpc) is 2.99. The Morgan fingerprint density at radius 1 is 1.20 bits per heavy atom. The highest BCUT2D eigenvalue weighted by molar-refractivity contribution is 7.98. The molecule has 3 nitrogen and oxygen atoms in total. The second-order valence-electron chi connectivity index (χ2n) is 4.17. The topological polar surface area (TPSA) is 42.2 Å². The van der Waals surface area contributed by atoms with Gasteiger partial charge in [0.2, 0.25) is 5.91 Å². The largest absolute Gasteiger partial charge is 0.468 e. The quantitative estimate of drug-likeness (QED) is 0.627. The third-order valence-electron chi connectivity index (χ3n) is 2.60. The molecule has 1 N–H and O–H groups in total. The lowest BCUT2D eigenvalue weighted by molar-refractivity contribution is -0.116. The third-order valence-corrected chi connectivity index (χ3v) is 3.58. The molecule has 1 amide bonds. The molecule has 2 rings (SSSR count). The molecule has 104 valence electrons. The molecular formula is C16H17NO2S. The molecule has 1 aromatic carbocycles. The first-order valence-electron chi connectivity index (χ1n) is 6.46. The zero-order valence-corrected chi connectivity index (χ0v) is 11.9. The summed E-state index contributed by atoms with van der Waals surface area (Å²) < 4.78 is 5.23. The molecule has 20 heavy (non-hydrogen) atoms. The molecule has 0 bridgehead atoms. The molecule has 0 atom stereocenters. The van der Waals surface area contributed by atoms with Gasteiger partial charge in [-0.3, -0.25) is 4.79 Å². The summed E-state index contributed by atoms with van der Waals surface area (Å²) in [6.07, 6.45) is 5.05. The van der Waals surface area contributed by atoms with Crippen LogP contribution in [0.25, 0.3) is 6.08 Å². The van der Waals surface area contributed by atoms with Gasteiger partial charge in [0.15, 0.2) is 0 Å². The molecule has 0 fully saturated rings. The summed E-state index contributed by atoms with van der Waals surface area (Å²) in [7, 11) is 0. The Hall–Kier alpha value is -1.94. The minimum atomic E-state index is -0.0625. The Kier molecular flexibility index (Phi) is 5.99.